The number of nitrogens with zero attached hydrogens (tertiary/aromatic N) is 6. The average Bonchev–Trinajstić information content (AvgIpc) is 3.42. The summed E-state index contributed by atoms with van der Waals surface area (Å²) < 4.78 is 29.8. The fourth-order valence-corrected chi connectivity index (χ4v) is 3.86. The second-order valence-electron chi connectivity index (χ2n) is 8.23. The van der Waals surface area contributed by atoms with E-state index in [1.165, 1.54) is 4.68 Å². The molecule has 0 aromatic carbocycles. The first kappa shape index (κ1) is 23.0. The number of nitrogens with one attached hydrogen (secondary N) is 2. The molecule has 1 unspecified atom stereocenters. The zero-order valence-corrected chi connectivity index (χ0v) is 19.2. The summed E-state index contributed by atoms with van der Waals surface area (Å²) in [7, 11) is 1.93. The van der Waals surface area contributed by atoms with Crippen molar-refractivity contribution in [2.24, 2.45) is 0 Å². The molecule has 3 aromatic rings. The molecule has 1 amide bonds. The van der Waals surface area contributed by atoms with Gasteiger partial charge in [0.05, 0.1) is 10.9 Å². The summed E-state index contributed by atoms with van der Waals surface area (Å²) in [5.74, 6) is -2.60. The molecule has 0 spiro atoms. The van der Waals surface area contributed by atoms with E-state index in [1.54, 1.807) is 25.3 Å². The number of likely N-dealkylation sites (N-methyl/N-ethyl adjacent to an activating group) is 1. The topological polar surface area (TPSA) is 101 Å². The Morgan fingerprint density at radius 1 is 1.27 bits per heavy atom. The van der Waals surface area contributed by atoms with Crippen LogP contribution in [0.5, 0.6) is 0 Å². The van der Waals surface area contributed by atoms with E-state index < -0.39 is 11.7 Å². The lowest BCUT2D eigenvalue weighted by molar-refractivity contribution is -0.115. The zero-order chi connectivity index (χ0) is 23.8. The number of fused-ring (bicyclic) bond motifs is 1. The largest absolute Gasteiger partial charge is 0.353 e. The van der Waals surface area contributed by atoms with Gasteiger partial charge in [0, 0.05) is 56.5 Å². The van der Waals surface area contributed by atoms with Gasteiger partial charge in [-0.2, -0.15) is 8.78 Å². The lowest BCUT2D eigenvalue weighted by Crippen LogP contribution is -2.29. The lowest BCUT2D eigenvalue weighted by Gasteiger charge is -2.16. The van der Waals surface area contributed by atoms with Crippen LogP contribution in [0, 0.1) is 0 Å². The van der Waals surface area contributed by atoms with Gasteiger partial charge in [-0.3, -0.25) is 4.79 Å². The van der Waals surface area contributed by atoms with Gasteiger partial charge in [-0.15, -0.1) is 5.10 Å². The predicted molar refractivity (Wildman–Crippen MR) is 122 cm³/mol. The highest BCUT2D eigenvalue weighted by atomic mass is 19.3. The van der Waals surface area contributed by atoms with E-state index in [1.807, 2.05) is 14.0 Å². The number of pyridine rings is 1. The molecule has 1 fully saturated rings. The number of hydrogen-bond acceptors (Lipinski definition) is 7. The smallest absolute Gasteiger partial charge is 0.303 e. The first-order chi connectivity index (χ1) is 15.7. The Balaban J connectivity index is 1.89. The van der Waals surface area contributed by atoms with E-state index in [0.29, 0.717) is 41.7 Å². The van der Waals surface area contributed by atoms with Crippen LogP contribution in [0.3, 0.4) is 0 Å². The highest BCUT2D eigenvalue weighted by molar-refractivity contribution is 5.95. The standard InChI is InChI=1S/C22H28F2N8O/c1-5-13-9-18(29-21(27-13)22(3,23)24)32-16-10-17(28-19(33)6-2)26-11-15(16)20(30-32)31-8-7-14(12-31)25-4/h9-11,14,25H,5-8,12H2,1-4H3,(H,26,28,33). The van der Waals surface area contributed by atoms with Crippen molar-refractivity contribution < 1.29 is 13.6 Å². The minimum atomic E-state index is -3.19. The van der Waals surface area contributed by atoms with Gasteiger partial charge in [-0.1, -0.05) is 13.8 Å². The lowest BCUT2D eigenvalue weighted by atomic mass is 10.2. The van der Waals surface area contributed by atoms with Gasteiger partial charge in [0.25, 0.3) is 0 Å². The third-order valence-corrected chi connectivity index (χ3v) is 5.77. The Morgan fingerprint density at radius 2 is 2.06 bits per heavy atom. The molecule has 11 heteroatoms. The fraction of sp³-hybridized carbons (Fsp3) is 0.500. The summed E-state index contributed by atoms with van der Waals surface area (Å²) >= 11 is 0. The number of rotatable bonds is 7. The van der Waals surface area contributed by atoms with Crippen LogP contribution in [-0.4, -0.2) is 56.8 Å². The van der Waals surface area contributed by atoms with Crippen LogP contribution in [0.25, 0.3) is 16.7 Å². The number of carbonyl (C=O) groups excluding carboxylic acids is 1. The van der Waals surface area contributed by atoms with Crippen LogP contribution < -0.4 is 15.5 Å². The molecule has 1 aliphatic rings. The number of carbonyl (C=O) groups is 1. The van der Waals surface area contributed by atoms with Crippen molar-refractivity contribution in [2.45, 2.75) is 52.0 Å². The van der Waals surface area contributed by atoms with Crippen molar-refractivity contribution in [3.8, 4) is 5.82 Å². The van der Waals surface area contributed by atoms with Crippen LogP contribution in [0.2, 0.25) is 0 Å². The van der Waals surface area contributed by atoms with E-state index in [2.05, 4.69) is 30.5 Å². The van der Waals surface area contributed by atoms with E-state index in [-0.39, 0.29) is 11.7 Å². The average molecular weight is 459 g/mol. The maximum absolute atomic E-state index is 14.1. The van der Waals surface area contributed by atoms with Crippen LogP contribution in [0.15, 0.2) is 18.3 Å². The van der Waals surface area contributed by atoms with E-state index in [9.17, 15) is 13.6 Å². The zero-order valence-electron chi connectivity index (χ0n) is 19.2. The van der Waals surface area contributed by atoms with Crippen molar-refractivity contribution in [2.75, 3.05) is 30.4 Å². The third-order valence-electron chi connectivity index (χ3n) is 5.77. The van der Waals surface area contributed by atoms with Crippen molar-refractivity contribution >= 4 is 28.4 Å². The van der Waals surface area contributed by atoms with Crippen LogP contribution in [-0.2, 0) is 17.1 Å². The maximum Gasteiger partial charge on any atom is 0.303 e. The normalized spacial score (nSPS) is 16.5. The molecule has 9 nitrogen and oxygen atoms in total. The second kappa shape index (κ2) is 8.97. The van der Waals surface area contributed by atoms with E-state index in [0.717, 1.165) is 31.8 Å². The Hall–Kier alpha value is -3.21. The van der Waals surface area contributed by atoms with Crippen LogP contribution in [0.4, 0.5) is 20.4 Å². The molecular weight excluding hydrogens is 430 g/mol. The summed E-state index contributed by atoms with van der Waals surface area (Å²) in [5.41, 5.74) is 1.11. The molecule has 176 valence electrons. The first-order valence-corrected chi connectivity index (χ1v) is 11.1. The molecule has 0 aliphatic carbocycles. The number of aromatic nitrogens is 5. The van der Waals surface area contributed by atoms with Gasteiger partial charge in [0.15, 0.2) is 11.6 Å². The number of halogens is 2. The quantitative estimate of drug-likeness (QED) is 0.561. The molecule has 1 atom stereocenters. The van der Waals surface area contributed by atoms with Crippen LogP contribution in [0.1, 0.15) is 45.1 Å². The summed E-state index contributed by atoms with van der Waals surface area (Å²) in [4.78, 5) is 26.6. The number of alkyl halides is 2. The monoisotopic (exact) mass is 458 g/mol. The molecule has 0 bridgehead atoms. The van der Waals surface area contributed by atoms with E-state index in [4.69, 9.17) is 5.10 Å². The van der Waals surface area contributed by atoms with Gasteiger partial charge in [-0.05, 0) is 19.9 Å². The second-order valence-corrected chi connectivity index (χ2v) is 8.23. The molecule has 1 saturated heterocycles. The molecule has 4 heterocycles. The van der Waals surface area contributed by atoms with E-state index >= 15 is 0 Å². The number of hydrogen-bond donors (Lipinski definition) is 2. The van der Waals surface area contributed by atoms with Gasteiger partial charge in [0.2, 0.25) is 11.7 Å². The summed E-state index contributed by atoms with van der Waals surface area (Å²) in [6.45, 7) is 5.94. The minimum Gasteiger partial charge on any atom is -0.353 e. The van der Waals surface area contributed by atoms with Gasteiger partial charge >= 0.3 is 5.92 Å². The summed E-state index contributed by atoms with van der Waals surface area (Å²) in [6, 6.07) is 3.69. The predicted octanol–water partition coefficient (Wildman–Crippen LogP) is 3.03. The Bertz CT molecular complexity index is 1170. The molecular formula is C22H28F2N8O. The molecule has 0 radical (unpaired) electrons. The number of aryl methyl sites for hydroxylation is 1. The number of anilines is 2. The summed E-state index contributed by atoms with van der Waals surface area (Å²) in [5, 5.41) is 11.6. The number of amides is 1. The van der Waals surface area contributed by atoms with Crippen molar-refractivity contribution in [3.05, 3.63) is 29.8 Å². The van der Waals surface area contributed by atoms with Gasteiger partial charge in [0.1, 0.15) is 5.82 Å². The highest BCUT2D eigenvalue weighted by Gasteiger charge is 2.31. The molecule has 4 rings (SSSR count). The Morgan fingerprint density at radius 3 is 2.70 bits per heavy atom. The van der Waals surface area contributed by atoms with Crippen LogP contribution >= 0.6 is 0 Å². The van der Waals surface area contributed by atoms with Gasteiger partial charge in [-0.25, -0.2) is 19.6 Å². The summed E-state index contributed by atoms with van der Waals surface area (Å²) in [6.07, 6.45) is 3.40. The maximum atomic E-state index is 14.1. The molecule has 3 aromatic heterocycles. The SMILES string of the molecule is CCC(=O)Nc1cc2c(cn1)c(N1CCC(NC)C1)nn2-c1cc(CC)nc(C(C)(F)F)n1. The van der Waals surface area contributed by atoms with Crippen molar-refractivity contribution in [3.63, 3.8) is 0 Å². The minimum absolute atomic E-state index is 0.173. The molecule has 0 saturated carbocycles. The molecule has 1 aliphatic heterocycles. The fourth-order valence-electron chi connectivity index (χ4n) is 3.86. The van der Waals surface area contributed by atoms with Gasteiger partial charge < -0.3 is 15.5 Å². The Labute approximate surface area is 190 Å². The molecule has 2 N–H and O–H groups in total. The first-order valence-electron chi connectivity index (χ1n) is 11.1. The third kappa shape index (κ3) is 4.63. The Kier molecular flexibility index (Phi) is 6.24. The van der Waals surface area contributed by atoms with Crippen molar-refractivity contribution in [1.82, 2.24) is 30.0 Å². The highest BCUT2D eigenvalue weighted by Crippen LogP contribution is 2.32. The van der Waals surface area contributed by atoms with Crippen molar-refractivity contribution in [1.29, 1.82) is 0 Å². The molecule has 33 heavy (non-hydrogen) atoms.